The highest BCUT2D eigenvalue weighted by Crippen LogP contribution is 2.31. The SMILES string of the molecule is CCNC(=NCc1cccc(OC)c1OC)NCc1ccc(C)cc1OCCCOC. The number of nitrogens with one attached hydrogen (secondary N) is 2. The van der Waals surface area contributed by atoms with Gasteiger partial charge in [0.05, 0.1) is 27.4 Å². The van der Waals surface area contributed by atoms with E-state index < -0.39 is 0 Å². The van der Waals surface area contributed by atoms with Gasteiger partial charge in [-0.15, -0.1) is 0 Å². The Labute approximate surface area is 185 Å². The molecule has 0 spiro atoms. The summed E-state index contributed by atoms with van der Waals surface area (Å²) < 4.78 is 22.0. The fourth-order valence-corrected chi connectivity index (χ4v) is 3.09. The molecule has 0 aliphatic carbocycles. The van der Waals surface area contributed by atoms with Gasteiger partial charge in [-0.05, 0) is 31.5 Å². The van der Waals surface area contributed by atoms with Gasteiger partial charge < -0.3 is 29.6 Å². The number of aliphatic imine (C=N–C) groups is 1. The number of aryl methyl sites for hydroxylation is 1. The van der Waals surface area contributed by atoms with E-state index in [9.17, 15) is 0 Å². The smallest absolute Gasteiger partial charge is 0.191 e. The third-order valence-electron chi connectivity index (χ3n) is 4.66. The van der Waals surface area contributed by atoms with E-state index in [1.807, 2.05) is 25.1 Å². The van der Waals surface area contributed by atoms with Gasteiger partial charge in [-0.3, -0.25) is 0 Å². The molecule has 0 bridgehead atoms. The second kappa shape index (κ2) is 13.4. The summed E-state index contributed by atoms with van der Waals surface area (Å²) in [4.78, 5) is 4.72. The summed E-state index contributed by atoms with van der Waals surface area (Å²) in [7, 11) is 4.97. The Hall–Kier alpha value is -2.93. The lowest BCUT2D eigenvalue weighted by molar-refractivity contribution is 0.171. The Balaban J connectivity index is 2.09. The molecule has 0 aliphatic rings. The number of guanidine groups is 1. The lowest BCUT2D eigenvalue weighted by atomic mass is 10.1. The molecular formula is C24H35N3O4. The van der Waals surface area contributed by atoms with Crippen LogP contribution in [0.3, 0.4) is 0 Å². The van der Waals surface area contributed by atoms with E-state index in [-0.39, 0.29) is 0 Å². The number of nitrogens with zero attached hydrogens (tertiary/aromatic N) is 1. The number of hydrogen-bond acceptors (Lipinski definition) is 5. The highest BCUT2D eigenvalue weighted by molar-refractivity contribution is 5.79. The minimum Gasteiger partial charge on any atom is -0.493 e. The van der Waals surface area contributed by atoms with Crippen molar-refractivity contribution in [1.29, 1.82) is 0 Å². The predicted octanol–water partition coefficient (Wildman–Crippen LogP) is 3.68. The van der Waals surface area contributed by atoms with Crippen LogP contribution in [-0.2, 0) is 17.8 Å². The molecule has 2 aromatic rings. The zero-order valence-electron chi connectivity index (χ0n) is 19.3. The molecule has 2 aromatic carbocycles. The van der Waals surface area contributed by atoms with Crippen LogP contribution in [0.4, 0.5) is 0 Å². The fraction of sp³-hybridized carbons (Fsp3) is 0.458. The van der Waals surface area contributed by atoms with Gasteiger partial charge in [0.15, 0.2) is 17.5 Å². The first-order valence-corrected chi connectivity index (χ1v) is 10.6. The first-order valence-electron chi connectivity index (χ1n) is 10.6. The summed E-state index contributed by atoms with van der Waals surface area (Å²) >= 11 is 0. The maximum Gasteiger partial charge on any atom is 0.191 e. The van der Waals surface area contributed by atoms with Crippen LogP contribution in [0.15, 0.2) is 41.4 Å². The van der Waals surface area contributed by atoms with Gasteiger partial charge >= 0.3 is 0 Å². The van der Waals surface area contributed by atoms with Crippen molar-refractivity contribution < 1.29 is 18.9 Å². The van der Waals surface area contributed by atoms with Crippen LogP contribution in [-0.4, -0.2) is 47.0 Å². The van der Waals surface area contributed by atoms with Gasteiger partial charge in [0.25, 0.3) is 0 Å². The topological polar surface area (TPSA) is 73.3 Å². The third kappa shape index (κ3) is 7.68. The van der Waals surface area contributed by atoms with Crippen molar-refractivity contribution in [2.75, 3.05) is 41.1 Å². The fourth-order valence-electron chi connectivity index (χ4n) is 3.09. The molecule has 0 saturated heterocycles. The molecule has 0 heterocycles. The lowest BCUT2D eigenvalue weighted by Gasteiger charge is -2.16. The number of methoxy groups -OCH3 is 3. The van der Waals surface area contributed by atoms with Crippen molar-refractivity contribution in [3.05, 3.63) is 53.1 Å². The van der Waals surface area contributed by atoms with E-state index in [1.165, 1.54) is 0 Å². The van der Waals surface area contributed by atoms with Gasteiger partial charge in [-0.1, -0.05) is 24.3 Å². The molecule has 7 nitrogen and oxygen atoms in total. The Bertz CT molecular complexity index is 840. The molecule has 7 heteroatoms. The van der Waals surface area contributed by atoms with Gasteiger partial charge in [0, 0.05) is 44.4 Å². The molecule has 0 fully saturated rings. The molecule has 31 heavy (non-hydrogen) atoms. The average molecular weight is 430 g/mol. The van der Waals surface area contributed by atoms with Crippen LogP contribution in [0.5, 0.6) is 17.2 Å². The van der Waals surface area contributed by atoms with Crippen LogP contribution in [0.25, 0.3) is 0 Å². The van der Waals surface area contributed by atoms with E-state index in [1.54, 1.807) is 21.3 Å². The minimum atomic E-state index is 0.462. The number of para-hydroxylation sites is 1. The molecule has 0 radical (unpaired) electrons. The molecule has 2 rings (SSSR count). The molecule has 170 valence electrons. The summed E-state index contributed by atoms with van der Waals surface area (Å²) in [6.07, 6.45) is 0.851. The van der Waals surface area contributed by atoms with E-state index in [2.05, 4.69) is 35.8 Å². The Kier molecular flexibility index (Phi) is 10.5. The van der Waals surface area contributed by atoms with Gasteiger partial charge in [-0.2, -0.15) is 0 Å². The largest absolute Gasteiger partial charge is 0.493 e. The summed E-state index contributed by atoms with van der Waals surface area (Å²) in [6, 6.07) is 12.0. The highest BCUT2D eigenvalue weighted by atomic mass is 16.5. The number of rotatable bonds is 12. The molecule has 0 saturated carbocycles. The van der Waals surface area contributed by atoms with Crippen molar-refractivity contribution in [3.63, 3.8) is 0 Å². The summed E-state index contributed by atoms with van der Waals surface area (Å²) in [5, 5.41) is 6.69. The second-order valence-electron chi connectivity index (χ2n) is 7.01. The van der Waals surface area contributed by atoms with Gasteiger partial charge in [0.1, 0.15) is 5.75 Å². The van der Waals surface area contributed by atoms with E-state index in [4.69, 9.17) is 23.9 Å². The summed E-state index contributed by atoms with van der Waals surface area (Å²) in [5.41, 5.74) is 3.19. The first-order chi connectivity index (χ1) is 15.1. The zero-order chi connectivity index (χ0) is 22.5. The molecule has 0 atom stereocenters. The zero-order valence-corrected chi connectivity index (χ0v) is 19.3. The molecule has 0 amide bonds. The molecule has 0 aliphatic heterocycles. The van der Waals surface area contributed by atoms with Crippen LogP contribution >= 0.6 is 0 Å². The Morgan fingerprint density at radius 3 is 2.48 bits per heavy atom. The molecule has 2 N–H and O–H groups in total. The van der Waals surface area contributed by atoms with Crippen LogP contribution in [0.1, 0.15) is 30.0 Å². The molecular weight excluding hydrogens is 394 g/mol. The maximum absolute atomic E-state index is 5.99. The summed E-state index contributed by atoms with van der Waals surface area (Å²) in [6.45, 7) is 7.23. The Morgan fingerprint density at radius 2 is 1.77 bits per heavy atom. The highest BCUT2D eigenvalue weighted by Gasteiger charge is 2.10. The van der Waals surface area contributed by atoms with Crippen molar-refractivity contribution in [2.24, 2.45) is 4.99 Å². The molecule has 0 aromatic heterocycles. The maximum atomic E-state index is 5.99. The standard InChI is InChI=1S/C24H35N3O4/c1-6-25-24(27-17-20-9-7-10-21(29-4)23(20)30-5)26-16-19-12-11-18(2)15-22(19)31-14-8-13-28-3/h7,9-12,15H,6,8,13-14,16-17H2,1-5H3,(H2,25,26,27). The first kappa shape index (κ1) is 24.3. The number of hydrogen-bond donors (Lipinski definition) is 2. The summed E-state index contributed by atoms with van der Waals surface area (Å²) in [5.74, 6) is 3.00. The average Bonchev–Trinajstić information content (AvgIpc) is 2.79. The van der Waals surface area contributed by atoms with Crippen LogP contribution in [0.2, 0.25) is 0 Å². The van der Waals surface area contributed by atoms with Crippen molar-refractivity contribution in [1.82, 2.24) is 10.6 Å². The second-order valence-corrected chi connectivity index (χ2v) is 7.01. The third-order valence-corrected chi connectivity index (χ3v) is 4.66. The van der Waals surface area contributed by atoms with Crippen molar-refractivity contribution >= 4 is 5.96 Å². The predicted molar refractivity (Wildman–Crippen MR) is 124 cm³/mol. The Morgan fingerprint density at radius 1 is 0.935 bits per heavy atom. The quantitative estimate of drug-likeness (QED) is 0.305. The monoisotopic (exact) mass is 429 g/mol. The van der Waals surface area contributed by atoms with Crippen LogP contribution in [0, 0.1) is 6.92 Å². The van der Waals surface area contributed by atoms with Crippen molar-refractivity contribution in [2.45, 2.75) is 33.4 Å². The van der Waals surface area contributed by atoms with Crippen LogP contribution < -0.4 is 24.8 Å². The van der Waals surface area contributed by atoms with E-state index >= 15 is 0 Å². The molecule has 0 unspecified atom stereocenters. The number of benzene rings is 2. The number of ether oxygens (including phenoxy) is 4. The van der Waals surface area contributed by atoms with Gasteiger partial charge in [-0.25, -0.2) is 4.99 Å². The normalized spacial score (nSPS) is 11.2. The van der Waals surface area contributed by atoms with Crippen molar-refractivity contribution in [3.8, 4) is 17.2 Å². The van der Waals surface area contributed by atoms with E-state index in [0.717, 1.165) is 41.4 Å². The van der Waals surface area contributed by atoms with Gasteiger partial charge in [0.2, 0.25) is 0 Å². The lowest BCUT2D eigenvalue weighted by Crippen LogP contribution is -2.36. The van der Waals surface area contributed by atoms with E-state index in [0.29, 0.717) is 37.8 Å². The minimum absolute atomic E-state index is 0.462.